The molecule has 1 fully saturated rings. The number of guanidine groups is 1. The number of fused-ring (bicyclic) bond motifs is 4. The lowest BCUT2D eigenvalue weighted by Gasteiger charge is -2.26. The van der Waals surface area contributed by atoms with Crippen LogP contribution in [0.2, 0.25) is 0 Å². The third-order valence-corrected chi connectivity index (χ3v) is 7.53. The van der Waals surface area contributed by atoms with E-state index in [2.05, 4.69) is 58.4 Å². The summed E-state index contributed by atoms with van der Waals surface area (Å²) in [4.78, 5) is 20.5. The van der Waals surface area contributed by atoms with Crippen molar-refractivity contribution in [2.45, 2.75) is 25.4 Å². The van der Waals surface area contributed by atoms with Gasteiger partial charge < -0.3 is 20.9 Å². The van der Waals surface area contributed by atoms with Crippen molar-refractivity contribution in [1.29, 1.82) is 0 Å². The van der Waals surface area contributed by atoms with Gasteiger partial charge in [0, 0.05) is 42.3 Å². The Labute approximate surface area is 185 Å². The van der Waals surface area contributed by atoms with Crippen molar-refractivity contribution in [3.05, 3.63) is 64.0 Å². The molecule has 2 aromatic carbocycles. The molecule has 3 aliphatic rings. The first-order chi connectivity index (χ1) is 15.2. The molecule has 0 bridgehead atoms. The molecule has 3 heterocycles. The molecule has 31 heavy (non-hydrogen) atoms. The van der Waals surface area contributed by atoms with Crippen LogP contribution < -0.4 is 16.0 Å². The molecule has 1 aromatic heterocycles. The van der Waals surface area contributed by atoms with Crippen molar-refractivity contribution in [1.82, 2.24) is 15.5 Å². The molecule has 0 atom stereocenters. The molecule has 6 rings (SSSR count). The minimum absolute atomic E-state index is 0.142. The van der Waals surface area contributed by atoms with Gasteiger partial charge in [-0.1, -0.05) is 30.3 Å². The largest absolute Gasteiger partial charge is 0.353 e. The van der Waals surface area contributed by atoms with Crippen LogP contribution in [-0.2, 0) is 19.4 Å². The lowest BCUT2D eigenvalue weighted by atomic mass is 10.1. The van der Waals surface area contributed by atoms with Crippen LogP contribution in [0.5, 0.6) is 0 Å². The molecule has 0 saturated carbocycles. The molecule has 0 unspecified atom stereocenters. The van der Waals surface area contributed by atoms with Crippen molar-refractivity contribution >= 4 is 39.0 Å². The Morgan fingerprint density at radius 3 is 2.61 bits per heavy atom. The topological polar surface area (TPSA) is 68.8 Å². The third-order valence-electron chi connectivity index (χ3n) is 6.44. The van der Waals surface area contributed by atoms with Crippen LogP contribution in [0.15, 0.2) is 47.5 Å². The predicted octanol–water partition coefficient (Wildman–Crippen LogP) is 2.99. The van der Waals surface area contributed by atoms with E-state index in [0.717, 1.165) is 65.6 Å². The highest BCUT2D eigenvalue weighted by molar-refractivity contribution is 7.20. The normalized spacial score (nSPS) is 18.3. The monoisotopic (exact) mass is 431 g/mol. The van der Waals surface area contributed by atoms with Gasteiger partial charge in [0.1, 0.15) is 0 Å². The molecule has 0 spiro atoms. The van der Waals surface area contributed by atoms with E-state index in [1.165, 1.54) is 16.7 Å². The number of benzene rings is 2. The van der Waals surface area contributed by atoms with E-state index in [1.54, 1.807) is 11.3 Å². The average molecular weight is 432 g/mol. The number of hydrogen-bond donors (Lipinski definition) is 3. The van der Waals surface area contributed by atoms with Crippen LogP contribution in [-0.4, -0.2) is 49.0 Å². The zero-order valence-corrected chi connectivity index (χ0v) is 18.1. The lowest BCUT2D eigenvalue weighted by molar-refractivity contribution is 0.0741. The van der Waals surface area contributed by atoms with E-state index in [4.69, 9.17) is 4.99 Å². The molecular weight excluding hydrogens is 406 g/mol. The maximum Gasteiger partial charge on any atom is 0.264 e. The Bertz CT molecular complexity index is 1170. The summed E-state index contributed by atoms with van der Waals surface area (Å²) in [6.45, 7) is 3.92. The molecule has 2 aliphatic heterocycles. The molecule has 1 amide bonds. The van der Waals surface area contributed by atoms with Gasteiger partial charge >= 0.3 is 0 Å². The number of amides is 1. The molecule has 3 aromatic rings. The number of carbonyl (C=O) groups excluding carboxylic acids is 1. The van der Waals surface area contributed by atoms with Gasteiger partial charge in [-0.15, -0.1) is 11.3 Å². The number of carbonyl (C=O) groups is 1. The second-order valence-electron chi connectivity index (χ2n) is 8.47. The number of aliphatic imine (C=N–C) groups is 1. The van der Waals surface area contributed by atoms with Gasteiger partial charge in [-0.05, 0) is 41.7 Å². The fourth-order valence-electron chi connectivity index (χ4n) is 4.82. The maximum absolute atomic E-state index is 13.0. The minimum atomic E-state index is 0.142. The first-order valence-corrected chi connectivity index (χ1v) is 11.8. The molecule has 6 nitrogen and oxygen atoms in total. The maximum atomic E-state index is 13.0. The van der Waals surface area contributed by atoms with Crippen molar-refractivity contribution in [2.75, 3.05) is 31.5 Å². The molecule has 3 N–H and O–H groups in total. The van der Waals surface area contributed by atoms with E-state index >= 15 is 0 Å². The molecular formula is C24H25N5OS. The third kappa shape index (κ3) is 3.47. The SMILES string of the molecule is O=C(c1cc2c3c(ccc2s1)CN=C(NC1Cc2ccccc2C1)N3)N1CCNCC1. The average Bonchev–Trinajstić information content (AvgIpc) is 3.43. The molecule has 1 aliphatic carbocycles. The van der Waals surface area contributed by atoms with Gasteiger partial charge in [0.05, 0.1) is 17.1 Å². The highest BCUT2D eigenvalue weighted by Crippen LogP contribution is 2.36. The summed E-state index contributed by atoms with van der Waals surface area (Å²) in [6, 6.07) is 15.3. The van der Waals surface area contributed by atoms with E-state index in [-0.39, 0.29) is 5.91 Å². The second kappa shape index (κ2) is 7.66. The Balaban J connectivity index is 1.23. The number of nitrogens with one attached hydrogen (secondary N) is 3. The quantitative estimate of drug-likeness (QED) is 0.584. The van der Waals surface area contributed by atoms with Crippen molar-refractivity contribution < 1.29 is 4.79 Å². The summed E-state index contributed by atoms with van der Waals surface area (Å²) in [6.07, 6.45) is 2.05. The number of nitrogens with zero attached hydrogens (tertiary/aromatic N) is 2. The lowest BCUT2D eigenvalue weighted by Crippen LogP contribution is -2.46. The van der Waals surface area contributed by atoms with Gasteiger partial charge in [0.25, 0.3) is 5.91 Å². The van der Waals surface area contributed by atoms with E-state index in [0.29, 0.717) is 12.6 Å². The Morgan fingerprint density at radius 2 is 1.84 bits per heavy atom. The van der Waals surface area contributed by atoms with E-state index in [1.807, 2.05) is 4.90 Å². The number of piperazine rings is 1. The molecule has 0 radical (unpaired) electrons. The van der Waals surface area contributed by atoms with E-state index in [9.17, 15) is 4.79 Å². The first kappa shape index (κ1) is 18.8. The van der Waals surface area contributed by atoms with Crippen molar-refractivity contribution in [3.63, 3.8) is 0 Å². The number of anilines is 1. The fraction of sp³-hybridized carbons (Fsp3) is 0.333. The summed E-state index contributed by atoms with van der Waals surface area (Å²) in [5, 5.41) is 11.6. The molecule has 158 valence electrons. The zero-order chi connectivity index (χ0) is 20.8. The zero-order valence-electron chi connectivity index (χ0n) is 17.3. The highest BCUT2D eigenvalue weighted by Gasteiger charge is 2.25. The Hall–Kier alpha value is -2.90. The highest BCUT2D eigenvalue weighted by atomic mass is 32.1. The summed E-state index contributed by atoms with van der Waals surface area (Å²) in [7, 11) is 0. The van der Waals surface area contributed by atoms with E-state index < -0.39 is 0 Å². The minimum Gasteiger partial charge on any atom is -0.353 e. The Kier molecular flexibility index (Phi) is 4.65. The van der Waals surface area contributed by atoms with Crippen LogP contribution >= 0.6 is 11.3 Å². The first-order valence-electron chi connectivity index (χ1n) is 10.9. The van der Waals surface area contributed by atoms with Crippen molar-refractivity contribution in [2.24, 2.45) is 4.99 Å². The number of thiophene rings is 1. The van der Waals surface area contributed by atoms with Gasteiger partial charge in [0.2, 0.25) is 0 Å². The summed E-state index contributed by atoms with van der Waals surface area (Å²) < 4.78 is 1.14. The van der Waals surface area contributed by atoms with Gasteiger partial charge in [0.15, 0.2) is 5.96 Å². The van der Waals surface area contributed by atoms with Crippen LogP contribution in [0.25, 0.3) is 10.1 Å². The Morgan fingerprint density at radius 1 is 1.06 bits per heavy atom. The van der Waals surface area contributed by atoms with Crippen LogP contribution in [0.3, 0.4) is 0 Å². The van der Waals surface area contributed by atoms with Crippen LogP contribution in [0, 0.1) is 0 Å². The van der Waals surface area contributed by atoms with Gasteiger partial charge in [-0.3, -0.25) is 4.79 Å². The van der Waals surface area contributed by atoms with Crippen LogP contribution in [0.1, 0.15) is 26.4 Å². The number of hydrogen-bond acceptors (Lipinski definition) is 6. The smallest absolute Gasteiger partial charge is 0.264 e. The summed E-state index contributed by atoms with van der Waals surface area (Å²) in [5.74, 6) is 0.974. The fourth-order valence-corrected chi connectivity index (χ4v) is 5.86. The summed E-state index contributed by atoms with van der Waals surface area (Å²) in [5.41, 5.74) is 5.11. The summed E-state index contributed by atoms with van der Waals surface area (Å²) >= 11 is 1.59. The van der Waals surface area contributed by atoms with Crippen molar-refractivity contribution in [3.8, 4) is 0 Å². The van der Waals surface area contributed by atoms with Gasteiger partial charge in [-0.25, -0.2) is 4.99 Å². The van der Waals surface area contributed by atoms with Gasteiger partial charge in [-0.2, -0.15) is 0 Å². The number of rotatable bonds is 2. The molecule has 7 heteroatoms. The predicted molar refractivity (Wildman–Crippen MR) is 126 cm³/mol. The second-order valence-corrected chi connectivity index (χ2v) is 9.56. The van der Waals surface area contributed by atoms with Crippen LogP contribution in [0.4, 0.5) is 5.69 Å². The standard InChI is InChI=1S/C24H25N5OS/c30-23(29-9-7-25-8-10-29)21-13-19-20(31-21)6-5-17-14-26-24(28-22(17)19)27-18-11-15-3-1-2-4-16(15)12-18/h1-6,13,18,25H,7-12,14H2,(H2,26,27,28). The molecule has 1 saturated heterocycles.